The second-order valence-electron chi connectivity index (χ2n) is 4.11. The third kappa shape index (κ3) is 2.87. The number of rotatable bonds is 3. The van der Waals surface area contributed by atoms with Gasteiger partial charge >= 0.3 is 0 Å². The number of halogens is 1. The van der Waals surface area contributed by atoms with Crippen molar-refractivity contribution >= 4 is 34.4 Å². The average Bonchev–Trinajstić information content (AvgIpc) is 2.92. The largest absolute Gasteiger partial charge is 0.278 e. The van der Waals surface area contributed by atoms with Crippen LogP contribution in [0.25, 0.3) is 10.9 Å². The van der Waals surface area contributed by atoms with Crippen LogP contribution in [0.3, 0.4) is 0 Å². The molecule has 3 nitrogen and oxygen atoms in total. The van der Waals surface area contributed by atoms with Crippen molar-refractivity contribution in [1.82, 2.24) is 4.98 Å². The summed E-state index contributed by atoms with van der Waals surface area (Å²) in [5.41, 5.74) is 4.79. The predicted molar refractivity (Wildman–Crippen MR) is 79.3 cm³/mol. The third-order valence-corrected chi connectivity index (χ3v) is 3.03. The summed E-state index contributed by atoms with van der Waals surface area (Å²) in [4.78, 5) is 4.28. The highest BCUT2D eigenvalue weighted by atomic mass is 35.5. The Kier molecular flexibility index (Phi) is 3.65. The van der Waals surface area contributed by atoms with Crippen molar-refractivity contribution in [1.29, 1.82) is 0 Å². The van der Waals surface area contributed by atoms with E-state index >= 15 is 0 Å². The Morgan fingerprint density at radius 2 is 2.00 bits per heavy atom. The fourth-order valence-corrected chi connectivity index (χ4v) is 2.04. The Labute approximate surface area is 117 Å². The summed E-state index contributed by atoms with van der Waals surface area (Å²) < 4.78 is 0. The lowest BCUT2D eigenvalue weighted by molar-refractivity contribution is 1.31. The summed E-state index contributed by atoms with van der Waals surface area (Å²) in [5, 5.41) is 5.89. The molecule has 19 heavy (non-hydrogen) atoms. The highest BCUT2D eigenvalue weighted by Crippen LogP contribution is 2.25. The summed E-state index contributed by atoms with van der Waals surface area (Å²) in [6.45, 7) is 0. The van der Waals surface area contributed by atoms with Crippen LogP contribution in [0.15, 0.2) is 35.6 Å². The number of pyridine rings is 1. The summed E-state index contributed by atoms with van der Waals surface area (Å²) in [6.07, 6.45) is 11.5. The first-order chi connectivity index (χ1) is 9.33. The lowest BCUT2D eigenvalue weighted by Gasteiger charge is -2.06. The number of aromatic nitrogens is 1. The monoisotopic (exact) mass is 268 g/mol. The molecule has 93 valence electrons. The Morgan fingerprint density at radius 3 is 2.84 bits per heavy atom. The van der Waals surface area contributed by atoms with E-state index in [1.807, 2.05) is 49.9 Å². The van der Waals surface area contributed by atoms with E-state index < -0.39 is 0 Å². The van der Waals surface area contributed by atoms with Crippen molar-refractivity contribution < 1.29 is 0 Å². The van der Waals surface area contributed by atoms with Crippen molar-refractivity contribution in [3.8, 4) is 0 Å². The SMILES string of the molecule is Clc1ccc2c(N/N=C/[C]3[CH][CH][CH][CH]3)ccnc2c1. The molecular formula is C15H11ClN3. The molecule has 1 heterocycles. The van der Waals surface area contributed by atoms with E-state index in [0.29, 0.717) is 5.02 Å². The zero-order valence-electron chi connectivity index (χ0n) is 10.0. The van der Waals surface area contributed by atoms with Gasteiger partial charge in [0.15, 0.2) is 0 Å². The van der Waals surface area contributed by atoms with Crippen LogP contribution >= 0.6 is 11.6 Å². The number of hydrogen-bond acceptors (Lipinski definition) is 3. The predicted octanol–water partition coefficient (Wildman–Crippen LogP) is 3.69. The van der Waals surface area contributed by atoms with E-state index in [2.05, 4.69) is 15.5 Å². The van der Waals surface area contributed by atoms with Gasteiger partial charge in [-0.2, -0.15) is 5.10 Å². The second-order valence-corrected chi connectivity index (χ2v) is 4.54. The molecule has 0 unspecified atom stereocenters. The third-order valence-electron chi connectivity index (χ3n) is 2.79. The van der Waals surface area contributed by atoms with Gasteiger partial charge in [-0.15, -0.1) is 0 Å². The fourth-order valence-electron chi connectivity index (χ4n) is 1.87. The lowest BCUT2D eigenvalue weighted by Crippen LogP contribution is -1.97. The van der Waals surface area contributed by atoms with Gasteiger partial charge in [0.1, 0.15) is 0 Å². The van der Waals surface area contributed by atoms with Crippen LogP contribution in [0, 0.1) is 31.6 Å². The molecule has 1 N–H and O–H groups in total. The second kappa shape index (κ2) is 5.57. The lowest BCUT2D eigenvalue weighted by atomic mass is 10.1. The molecular weight excluding hydrogens is 258 g/mol. The first-order valence-electron chi connectivity index (χ1n) is 5.88. The van der Waals surface area contributed by atoms with Gasteiger partial charge in [-0.3, -0.25) is 10.4 Å². The maximum absolute atomic E-state index is 5.95. The van der Waals surface area contributed by atoms with Crippen LogP contribution < -0.4 is 5.43 Å². The molecule has 4 heteroatoms. The molecule has 0 aliphatic heterocycles. The summed E-state index contributed by atoms with van der Waals surface area (Å²) in [5.74, 6) is 1.06. The molecule has 0 spiro atoms. The van der Waals surface area contributed by atoms with Gasteiger partial charge in [-0.25, -0.2) is 0 Å². The molecule has 1 fully saturated rings. The molecule has 0 amide bonds. The highest BCUT2D eigenvalue weighted by Gasteiger charge is 2.14. The van der Waals surface area contributed by atoms with Gasteiger partial charge in [0.25, 0.3) is 0 Å². The van der Waals surface area contributed by atoms with Crippen molar-refractivity contribution in [3.63, 3.8) is 0 Å². The minimum Gasteiger partial charge on any atom is -0.278 e. The van der Waals surface area contributed by atoms with Gasteiger partial charge in [0.2, 0.25) is 0 Å². The zero-order chi connectivity index (χ0) is 13.1. The molecule has 1 saturated carbocycles. The standard InChI is InChI=1S/C15H11ClN3/c16-12-5-6-13-14(7-8-17-15(13)9-12)19-18-10-11-3-1-2-4-11/h1-10H,(H,17,19)/b18-10+. The van der Waals surface area contributed by atoms with Crippen molar-refractivity contribution in [3.05, 3.63) is 67.1 Å². The number of hydrazone groups is 1. The average molecular weight is 269 g/mol. The molecule has 0 atom stereocenters. The van der Waals surface area contributed by atoms with Gasteiger partial charge in [-0.05, 0) is 49.9 Å². The number of fused-ring (bicyclic) bond motifs is 1. The van der Waals surface area contributed by atoms with Crippen LogP contribution in [-0.2, 0) is 0 Å². The smallest absolute Gasteiger partial charge is 0.0738 e. The molecule has 0 saturated heterocycles. The van der Waals surface area contributed by atoms with E-state index in [4.69, 9.17) is 11.6 Å². The summed E-state index contributed by atoms with van der Waals surface area (Å²) >= 11 is 5.95. The minimum atomic E-state index is 0.678. The van der Waals surface area contributed by atoms with E-state index in [0.717, 1.165) is 22.5 Å². The number of benzene rings is 1. The van der Waals surface area contributed by atoms with E-state index in [1.54, 1.807) is 12.4 Å². The topological polar surface area (TPSA) is 37.3 Å². The van der Waals surface area contributed by atoms with E-state index in [-0.39, 0.29) is 0 Å². The maximum atomic E-state index is 5.95. The maximum Gasteiger partial charge on any atom is 0.0738 e. The molecule has 2 aromatic rings. The first-order valence-corrected chi connectivity index (χ1v) is 6.26. The van der Waals surface area contributed by atoms with Crippen LogP contribution in [0.5, 0.6) is 0 Å². The van der Waals surface area contributed by atoms with E-state index in [9.17, 15) is 0 Å². The zero-order valence-corrected chi connectivity index (χ0v) is 10.8. The van der Waals surface area contributed by atoms with E-state index in [1.165, 1.54) is 0 Å². The minimum absolute atomic E-state index is 0.678. The Balaban J connectivity index is 1.80. The first kappa shape index (κ1) is 12.4. The normalized spacial score (nSPS) is 16.5. The highest BCUT2D eigenvalue weighted by molar-refractivity contribution is 6.31. The van der Waals surface area contributed by atoms with Crippen LogP contribution in [-0.4, -0.2) is 11.2 Å². The van der Waals surface area contributed by atoms with Crippen molar-refractivity contribution in [2.75, 3.05) is 5.43 Å². The fraction of sp³-hybridized carbons (Fsp3) is 0. The van der Waals surface area contributed by atoms with Gasteiger partial charge in [0.05, 0.1) is 11.2 Å². The van der Waals surface area contributed by atoms with Gasteiger partial charge < -0.3 is 0 Å². The Bertz CT molecular complexity index is 603. The van der Waals surface area contributed by atoms with Crippen LogP contribution in [0.2, 0.25) is 5.02 Å². The quantitative estimate of drug-likeness (QED) is 0.681. The molecule has 3 rings (SSSR count). The van der Waals surface area contributed by atoms with Gasteiger partial charge in [-0.1, -0.05) is 11.6 Å². The molecule has 1 aliphatic carbocycles. The summed E-state index contributed by atoms with van der Waals surface area (Å²) in [7, 11) is 0. The van der Waals surface area contributed by atoms with Crippen LogP contribution in [0.1, 0.15) is 0 Å². The van der Waals surface area contributed by atoms with Gasteiger partial charge in [0, 0.05) is 28.7 Å². The summed E-state index contributed by atoms with van der Waals surface area (Å²) in [6, 6.07) is 7.50. The number of hydrogen-bond donors (Lipinski definition) is 1. The molecule has 0 bridgehead atoms. The Morgan fingerprint density at radius 1 is 1.16 bits per heavy atom. The molecule has 5 radical (unpaired) electrons. The molecule has 1 aromatic carbocycles. The van der Waals surface area contributed by atoms with Crippen LogP contribution in [0.4, 0.5) is 5.69 Å². The van der Waals surface area contributed by atoms with Crippen molar-refractivity contribution in [2.24, 2.45) is 5.10 Å². The van der Waals surface area contributed by atoms with Crippen molar-refractivity contribution in [2.45, 2.75) is 0 Å². The number of nitrogens with one attached hydrogen (secondary N) is 1. The number of nitrogens with zero attached hydrogens (tertiary/aromatic N) is 2. The number of anilines is 1. The molecule has 1 aromatic heterocycles. The Hall–Kier alpha value is -1.61. The molecule has 1 aliphatic rings.